The van der Waals surface area contributed by atoms with Gasteiger partial charge in [-0.25, -0.2) is 4.39 Å². The Hall–Kier alpha value is -2.60. The molecule has 1 aliphatic heterocycles. The summed E-state index contributed by atoms with van der Waals surface area (Å²) in [6.45, 7) is 6.48. The Morgan fingerprint density at radius 2 is 1.94 bits per heavy atom. The van der Waals surface area contributed by atoms with Gasteiger partial charge >= 0.3 is 0 Å². The van der Waals surface area contributed by atoms with Gasteiger partial charge in [0.05, 0.1) is 28.1 Å². The lowest BCUT2D eigenvalue weighted by Gasteiger charge is -2.41. The summed E-state index contributed by atoms with van der Waals surface area (Å²) in [4.78, 5) is 12.8. The number of nitriles is 1. The summed E-state index contributed by atoms with van der Waals surface area (Å²) >= 11 is 0. The molecule has 8 heteroatoms. The molecule has 6 nitrogen and oxygen atoms in total. The maximum absolute atomic E-state index is 15.0. The molecule has 1 amide bonds. The van der Waals surface area contributed by atoms with Crippen LogP contribution in [0.5, 0.6) is 0 Å². The molecule has 2 aliphatic rings. The van der Waals surface area contributed by atoms with Gasteiger partial charge in [0, 0.05) is 21.6 Å². The average Bonchev–Trinajstić information content (AvgIpc) is 3.56. The summed E-state index contributed by atoms with van der Waals surface area (Å²) in [6, 6.07) is 13.3. The monoisotopic (exact) mass is 510 g/mol. The summed E-state index contributed by atoms with van der Waals surface area (Å²) in [6.07, 6.45) is 4.01. The predicted molar refractivity (Wildman–Crippen MR) is 141 cm³/mol. The van der Waals surface area contributed by atoms with E-state index in [-0.39, 0.29) is 23.7 Å². The van der Waals surface area contributed by atoms with Crippen LogP contribution in [0.3, 0.4) is 0 Å². The van der Waals surface area contributed by atoms with Gasteiger partial charge < -0.3 is 16.4 Å². The molecule has 1 saturated carbocycles. The van der Waals surface area contributed by atoms with E-state index in [4.69, 9.17) is 5.73 Å². The first-order valence-electron chi connectivity index (χ1n) is 12.6. The van der Waals surface area contributed by atoms with Crippen molar-refractivity contribution in [3.05, 3.63) is 65.0 Å². The number of nitrogens with one attached hydrogen (secondary N) is 2. The van der Waals surface area contributed by atoms with Crippen molar-refractivity contribution in [2.75, 3.05) is 11.9 Å². The first-order chi connectivity index (χ1) is 17.1. The number of rotatable bonds is 8. The molecule has 4 rings (SSSR count). The van der Waals surface area contributed by atoms with Crippen molar-refractivity contribution >= 4 is 22.4 Å². The molecule has 4 atom stereocenters. The normalized spacial score (nSPS) is 21.3. The van der Waals surface area contributed by atoms with Gasteiger partial charge in [0.25, 0.3) is 0 Å². The first-order valence-corrected chi connectivity index (χ1v) is 13.7. The van der Waals surface area contributed by atoms with Crippen LogP contribution in [0.4, 0.5) is 10.1 Å². The zero-order chi connectivity index (χ0) is 26.1. The highest BCUT2D eigenvalue weighted by Gasteiger charge is 2.48. The number of nitrogens with zero attached hydrogens (tertiary/aromatic N) is 1. The summed E-state index contributed by atoms with van der Waals surface area (Å²) < 4.78 is 27.7. The van der Waals surface area contributed by atoms with Crippen LogP contribution in [0.15, 0.2) is 42.5 Å². The predicted octanol–water partition coefficient (Wildman–Crippen LogP) is 4.31. The van der Waals surface area contributed by atoms with Gasteiger partial charge in [-0.15, -0.1) is 0 Å². The van der Waals surface area contributed by atoms with Gasteiger partial charge in [0.15, 0.2) is 0 Å². The number of halogens is 1. The molecule has 1 aliphatic carbocycles. The van der Waals surface area contributed by atoms with Crippen LogP contribution in [0.2, 0.25) is 0 Å². The second kappa shape index (κ2) is 10.4. The van der Waals surface area contributed by atoms with Crippen molar-refractivity contribution in [2.24, 2.45) is 11.7 Å². The Balaban J connectivity index is 1.88. The number of benzene rings is 2. The third kappa shape index (κ3) is 5.39. The number of anilines is 1. The van der Waals surface area contributed by atoms with E-state index < -0.39 is 26.1 Å². The van der Waals surface area contributed by atoms with Crippen molar-refractivity contribution in [3.63, 3.8) is 0 Å². The minimum absolute atomic E-state index is 0.0536. The number of hydrogen-bond acceptors (Lipinski definition) is 5. The van der Waals surface area contributed by atoms with Gasteiger partial charge in [-0.3, -0.25) is 9.00 Å². The SMILES string of the molecule is CC(C)(C)[S@@](=O)C(CC(N)C1CC1)(c1cccc(C#N)c1)c1ccc(F)c(NC(=O)[C@H]2CCCN2)c1. The summed E-state index contributed by atoms with van der Waals surface area (Å²) in [5.41, 5.74) is 8.49. The van der Waals surface area contributed by atoms with E-state index in [0.717, 1.165) is 25.8 Å². The number of carbonyl (C=O) groups excluding carboxylic acids is 1. The highest BCUT2D eigenvalue weighted by atomic mass is 32.2. The lowest BCUT2D eigenvalue weighted by Crippen LogP contribution is -2.46. The quantitative estimate of drug-likeness (QED) is 0.491. The standard InChI is InChI=1S/C28H35FN4O2S/c1-27(2,3)36(35)28(16-23(31)19-9-10-19,20-7-4-6-18(14-20)17-30)21-11-12-22(29)25(15-21)33-26(34)24-8-5-13-32-24/h4,6-7,11-12,14-15,19,23-24,32H,5,8-10,13,16,31H2,1-3H3,(H,33,34)/t23?,24-,28?,36-/m1/s1. The zero-order valence-corrected chi connectivity index (χ0v) is 22.0. The molecular formula is C28H35FN4O2S. The average molecular weight is 511 g/mol. The van der Waals surface area contributed by atoms with Gasteiger partial charge in [-0.05, 0) is 101 Å². The van der Waals surface area contributed by atoms with E-state index in [1.165, 1.54) is 6.07 Å². The molecule has 0 radical (unpaired) electrons. The molecule has 192 valence electrons. The third-order valence-electron chi connectivity index (χ3n) is 7.15. The molecule has 1 saturated heterocycles. The minimum Gasteiger partial charge on any atom is -0.327 e. The molecule has 36 heavy (non-hydrogen) atoms. The van der Waals surface area contributed by atoms with Crippen molar-refractivity contribution in [1.82, 2.24) is 5.32 Å². The molecule has 1 heterocycles. The number of carbonyl (C=O) groups is 1. The van der Waals surface area contributed by atoms with E-state index in [1.807, 2.05) is 26.8 Å². The Morgan fingerprint density at radius 1 is 1.22 bits per heavy atom. The fourth-order valence-electron chi connectivity index (χ4n) is 5.08. The lowest BCUT2D eigenvalue weighted by atomic mass is 9.83. The molecule has 2 aromatic rings. The van der Waals surface area contributed by atoms with Crippen LogP contribution in [-0.4, -0.2) is 33.5 Å². The summed E-state index contributed by atoms with van der Waals surface area (Å²) in [5, 5.41) is 15.5. The molecule has 0 aromatic heterocycles. The van der Waals surface area contributed by atoms with Gasteiger partial charge in [0.1, 0.15) is 5.82 Å². The topological polar surface area (TPSA) is 108 Å². The summed E-state index contributed by atoms with van der Waals surface area (Å²) in [7, 11) is -1.52. The Bertz CT molecular complexity index is 1190. The highest BCUT2D eigenvalue weighted by Crippen LogP contribution is 2.48. The van der Waals surface area contributed by atoms with Crippen LogP contribution < -0.4 is 16.4 Å². The smallest absolute Gasteiger partial charge is 0.241 e. The molecule has 2 unspecified atom stereocenters. The zero-order valence-electron chi connectivity index (χ0n) is 21.1. The molecule has 0 spiro atoms. The first kappa shape index (κ1) is 26.5. The van der Waals surface area contributed by atoms with Crippen LogP contribution in [0, 0.1) is 23.1 Å². The number of amides is 1. The van der Waals surface area contributed by atoms with E-state index in [1.54, 1.807) is 30.3 Å². The molecule has 0 bridgehead atoms. The maximum Gasteiger partial charge on any atom is 0.241 e. The van der Waals surface area contributed by atoms with Gasteiger partial charge in [0.2, 0.25) is 5.91 Å². The van der Waals surface area contributed by atoms with Gasteiger partial charge in [-0.2, -0.15) is 5.26 Å². The van der Waals surface area contributed by atoms with E-state index in [0.29, 0.717) is 35.4 Å². The second-order valence-electron chi connectivity index (χ2n) is 10.9. The van der Waals surface area contributed by atoms with Crippen molar-refractivity contribution in [2.45, 2.75) is 74.5 Å². The van der Waals surface area contributed by atoms with Crippen molar-refractivity contribution < 1.29 is 13.4 Å². The maximum atomic E-state index is 15.0. The van der Waals surface area contributed by atoms with E-state index in [2.05, 4.69) is 16.7 Å². The van der Waals surface area contributed by atoms with Crippen LogP contribution >= 0.6 is 0 Å². The highest BCUT2D eigenvalue weighted by molar-refractivity contribution is 7.87. The number of nitrogens with two attached hydrogens (primary N) is 1. The van der Waals surface area contributed by atoms with E-state index >= 15 is 0 Å². The molecule has 4 N–H and O–H groups in total. The van der Waals surface area contributed by atoms with E-state index in [9.17, 15) is 18.7 Å². The fourth-order valence-corrected chi connectivity index (χ4v) is 7.15. The van der Waals surface area contributed by atoms with Gasteiger partial charge in [-0.1, -0.05) is 18.2 Å². The second-order valence-corrected chi connectivity index (χ2v) is 13.4. The van der Waals surface area contributed by atoms with Crippen LogP contribution in [0.1, 0.15) is 69.6 Å². The van der Waals surface area contributed by atoms with Crippen LogP contribution in [0.25, 0.3) is 0 Å². The van der Waals surface area contributed by atoms with Crippen molar-refractivity contribution in [1.29, 1.82) is 5.26 Å². The Labute approximate surface area is 215 Å². The Morgan fingerprint density at radius 3 is 2.56 bits per heavy atom. The van der Waals surface area contributed by atoms with Crippen LogP contribution in [-0.2, 0) is 20.3 Å². The Kier molecular flexibility index (Phi) is 7.65. The van der Waals surface area contributed by atoms with Crippen molar-refractivity contribution in [3.8, 4) is 6.07 Å². The summed E-state index contributed by atoms with van der Waals surface area (Å²) in [5.74, 6) is -0.501. The third-order valence-corrected chi connectivity index (χ3v) is 9.53. The lowest BCUT2D eigenvalue weighted by molar-refractivity contribution is -0.117. The number of hydrogen-bond donors (Lipinski definition) is 3. The minimum atomic E-state index is -1.52. The largest absolute Gasteiger partial charge is 0.327 e. The molecule has 2 fully saturated rings. The molecule has 2 aromatic carbocycles. The fraction of sp³-hybridized carbons (Fsp3) is 0.500. The molecular weight excluding hydrogens is 475 g/mol.